The average molecular weight is 642 g/mol. The van der Waals surface area contributed by atoms with E-state index in [1.54, 1.807) is 0 Å². The van der Waals surface area contributed by atoms with Crippen LogP contribution in [0.15, 0.2) is 0 Å². The van der Waals surface area contributed by atoms with Gasteiger partial charge >= 0.3 is 59.7 Å². The fourth-order valence-corrected chi connectivity index (χ4v) is 2.70. The Morgan fingerprint density at radius 3 is 0.977 bits per heavy atom. The number of hydrogen-bond donors (Lipinski definition) is 8. The van der Waals surface area contributed by atoms with Gasteiger partial charge in [0.15, 0.2) is 11.2 Å². The molecule has 0 saturated carbocycles. The molecule has 22 heteroatoms. The molecule has 0 aromatic carbocycles. The van der Waals surface area contributed by atoms with Crippen LogP contribution in [0, 0.1) is 0 Å². The number of carbonyl (C=O) groups is 10. The zero-order valence-electron chi connectivity index (χ0n) is 22.4. The fraction of sp³-hybridized carbons (Fsp3) is 0.545. The van der Waals surface area contributed by atoms with Crippen molar-refractivity contribution in [1.29, 1.82) is 0 Å². The van der Waals surface area contributed by atoms with Gasteiger partial charge in [-0.15, -0.1) is 0 Å². The molecule has 0 aromatic heterocycles. The number of carbonyl (C=O) groups excluding carboxylic acids is 6. The highest BCUT2D eigenvalue weighted by Gasteiger charge is 2.48. The van der Waals surface area contributed by atoms with Crippen LogP contribution in [0.3, 0.4) is 0 Å². The van der Waals surface area contributed by atoms with Crippen LogP contribution in [0.1, 0.15) is 39.5 Å². The van der Waals surface area contributed by atoms with Crippen molar-refractivity contribution in [3.8, 4) is 0 Å². The highest BCUT2D eigenvalue weighted by Crippen LogP contribution is 2.22. The Bertz CT molecular complexity index is 1110. The summed E-state index contributed by atoms with van der Waals surface area (Å²) in [6.45, 7) is 1.71. The third-order valence-corrected chi connectivity index (χ3v) is 4.93. The van der Waals surface area contributed by atoms with Gasteiger partial charge in [0.1, 0.15) is 12.2 Å². The minimum atomic E-state index is -3.46. The smallest absolute Gasteiger partial charge is 0.349 e. The van der Waals surface area contributed by atoms with Gasteiger partial charge in [-0.1, -0.05) is 0 Å². The van der Waals surface area contributed by atoms with E-state index >= 15 is 0 Å². The van der Waals surface area contributed by atoms with E-state index in [0.29, 0.717) is 0 Å². The summed E-state index contributed by atoms with van der Waals surface area (Å²) < 4.78 is 16.7. The normalized spacial score (nSPS) is 16.2. The van der Waals surface area contributed by atoms with Crippen LogP contribution in [0.5, 0.6) is 0 Å². The van der Waals surface area contributed by atoms with Gasteiger partial charge in [0, 0.05) is 0 Å². The second kappa shape index (κ2) is 16.0. The van der Waals surface area contributed by atoms with Gasteiger partial charge in [-0.25, -0.2) is 28.8 Å². The third-order valence-electron chi connectivity index (χ3n) is 4.93. The lowest BCUT2D eigenvalue weighted by Gasteiger charge is -2.25. The number of carboxylic acid groups (broad SMARTS) is 4. The van der Waals surface area contributed by atoms with Crippen molar-refractivity contribution in [3.63, 3.8) is 0 Å². The maximum Gasteiger partial charge on any atom is 0.349 e. The molecule has 0 spiro atoms. The third kappa shape index (κ3) is 12.0. The van der Waals surface area contributed by atoms with Crippen molar-refractivity contribution >= 4 is 59.7 Å². The van der Waals surface area contributed by atoms with E-state index in [0.717, 1.165) is 13.8 Å². The SMILES string of the molecule is CC(O)C(=O)OC(=O)CC(O)(CC(=O)OC(C(=O)O)C(OC(=O)CC(O)(CC(=O)OC(=O)C(C)O)C(=O)O)C(=O)O)C(=O)O. The first-order valence-electron chi connectivity index (χ1n) is 11.6. The summed E-state index contributed by atoms with van der Waals surface area (Å²) in [5.41, 5.74) is -6.93. The van der Waals surface area contributed by atoms with Crippen LogP contribution in [-0.2, 0) is 66.9 Å². The van der Waals surface area contributed by atoms with Crippen LogP contribution in [0.4, 0.5) is 0 Å². The summed E-state index contributed by atoms with van der Waals surface area (Å²) in [7, 11) is 0. The van der Waals surface area contributed by atoms with E-state index in [4.69, 9.17) is 10.2 Å². The molecule has 0 saturated heterocycles. The second-order valence-corrected chi connectivity index (χ2v) is 8.82. The largest absolute Gasteiger partial charge is 0.479 e. The maximum atomic E-state index is 12.3. The first-order valence-corrected chi connectivity index (χ1v) is 11.6. The predicted molar refractivity (Wildman–Crippen MR) is 124 cm³/mol. The zero-order chi connectivity index (χ0) is 34.7. The number of aliphatic hydroxyl groups excluding tert-OH is 2. The standard InChI is InChI=1S/C22H26O22/c1-7(23)17(33)43-11(27)5-21(39,19(35)36)3-9(25)41-13(15(29)30)14(16(31)32)42-10(26)4-22(40,20(37)38)6-12(28)44-18(34)8(2)24/h7-8,13-14,23-24,39-40H,3-6H2,1-2H3,(H,29,30)(H,31,32)(H,35,36)(H,37,38). The Kier molecular flexibility index (Phi) is 14.1. The van der Waals surface area contributed by atoms with Crippen molar-refractivity contribution in [1.82, 2.24) is 0 Å². The number of carboxylic acids is 4. The summed E-state index contributed by atoms with van der Waals surface area (Å²) in [5.74, 6) is -20.3. The van der Waals surface area contributed by atoms with Crippen molar-refractivity contribution in [2.45, 2.75) is 75.1 Å². The molecule has 6 atom stereocenters. The first kappa shape index (κ1) is 38.9. The summed E-state index contributed by atoms with van der Waals surface area (Å²) in [6.07, 6.45) is -16.8. The fourth-order valence-electron chi connectivity index (χ4n) is 2.70. The summed E-state index contributed by atoms with van der Waals surface area (Å²) in [5, 5.41) is 75.4. The Morgan fingerprint density at radius 1 is 0.523 bits per heavy atom. The monoisotopic (exact) mass is 642 g/mol. The quantitative estimate of drug-likeness (QED) is 0.0418. The molecule has 246 valence electrons. The van der Waals surface area contributed by atoms with Crippen molar-refractivity contribution in [2.75, 3.05) is 0 Å². The van der Waals surface area contributed by atoms with Gasteiger partial charge in [-0.2, -0.15) is 0 Å². The minimum absolute atomic E-state index is 0.853. The summed E-state index contributed by atoms with van der Waals surface area (Å²) >= 11 is 0. The molecule has 0 radical (unpaired) electrons. The molecule has 0 aliphatic carbocycles. The summed E-state index contributed by atoms with van der Waals surface area (Å²) in [6, 6.07) is 0. The zero-order valence-corrected chi connectivity index (χ0v) is 22.4. The van der Waals surface area contributed by atoms with Gasteiger partial charge in [-0.3, -0.25) is 19.2 Å². The predicted octanol–water partition coefficient (Wildman–Crippen LogP) is -4.93. The molecule has 8 N–H and O–H groups in total. The molecule has 0 amide bonds. The summed E-state index contributed by atoms with van der Waals surface area (Å²) in [4.78, 5) is 117. The Labute approximate surface area is 243 Å². The Hall–Kier alpha value is -5.06. The van der Waals surface area contributed by atoms with E-state index in [1.807, 2.05) is 0 Å². The van der Waals surface area contributed by atoms with Gasteiger partial charge in [0.05, 0.1) is 25.7 Å². The lowest BCUT2D eigenvalue weighted by Crippen LogP contribution is -2.49. The van der Waals surface area contributed by atoms with Gasteiger partial charge in [0.25, 0.3) is 0 Å². The van der Waals surface area contributed by atoms with E-state index in [2.05, 4.69) is 18.9 Å². The van der Waals surface area contributed by atoms with Crippen molar-refractivity contribution in [2.24, 2.45) is 0 Å². The molecular weight excluding hydrogens is 616 g/mol. The van der Waals surface area contributed by atoms with E-state index in [1.165, 1.54) is 0 Å². The Morgan fingerprint density at radius 2 is 0.773 bits per heavy atom. The molecule has 0 fully saturated rings. The number of aliphatic hydroxyl groups is 4. The molecule has 0 aliphatic heterocycles. The number of rotatable bonds is 17. The van der Waals surface area contributed by atoms with Crippen molar-refractivity contribution < 1.29 is 108 Å². The minimum Gasteiger partial charge on any atom is -0.479 e. The highest BCUT2D eigenvalue weighted by molar-refractivity contribution is 5.95. The van der Waals surface area contributed by atoms with Crippen LogP contribution in [0.2, 0.25) is 0 Å². The number of hydrogen-bond acceptors (Lipinski definition) is 18. The lowest BCUT2D eigenvalue weighted by atomic mass is 9.95. The second-order valence-electron chi connectivity index (χ2n) is 8.82. The molecule has 6 unspecified atom stereocenters. The van der Waals surface area contributed by atoms with Crippen LogP contribution >= 0.6 is 0 Å². The van der Waals surface area contributed by atoms with Gasteiger partial charge < -0.3 is 59.8 Å². The number of aliphatic carboxylic acids is 4. The average Bonchev–Trinajstić information content (AvgIpc) is 2.84. The topological polar surface area (TPSA) is 369 Å². The van der Waals surface area contributed by atoms with Crippen LogP contribution < -0.4 is 0 Å². The number of ether oxygens (including phenoxy) is 4. The highest BCUT2D eigenvalue weighted by atomic mass is 16.6. The molecule has 0 heterocycles. The van der Waals surface area contributed by atoms with Gasteiger partial charge in [-0.05, 0) is 13.8 Å². The molecule has 0 aromatic rings. The molecule has 44 heavy (non-hydrogen) atoms. The van der Waals surface area contributed by atoms with Crippen LogP contribution in [-0.4, -0.2) is 136 Å². The number of esters is 6. The van der Waals surface area contributed by atoms with Crippen LogP contribution in [0.25, 0.3) is 0 Å². The van der Waals surface area contributed by atoms with Gasteiger partial charge in [0.2, 0.25) is 12.2 Å². The molecule has 22 nitrogen and oxygen atoms in total. The van der Waals surface area contributed by atoms with E-state index in [9.17, 15) is 78.6 Å². The lowest BCUT2D eigenvalue weighted by molar-refractivity contribution is -0.194. The molecular formula is C22H26O22. The maximum absolute atomic E-state index is 12.3. The van der Waals surface area contributed by atoms with E-state index in [-0.39, 0.29) is 0 Å². The van der Waals surface area contributed by atoms with E-state index < -0.39 is 121 Å². The molecule has 0 bridgehead atoms. The van der Waals surface area contributed by atoms with Crippen molar-refractivity contribution in [3.05, 3.63) is 0 Å². The molecule has 0 rings (SSSR count). The molecule has 0 aliphatic rings. The Balaban J connectivity index is 5.86. The first-order chi connectivity index (χ1) is 19.9.